The summed E-state index contributed by atoms with van der Waals surface area (Å²) in [5.41, 5.74) is 1.85. The van der Waals surface area contributed by atoms with E-state index in [2.05, 4.69) is 15.5 Å². The summed E-state index contributed by atoms with van der Waals surface area (Å²) >= 11 is 0. The summed E-state index contributed by atoms with van der Waals surface area (Å²) < 4.78 is 0. The van der Waals surface area contributed by atoms with E-state index in [0.29, 0.717) is 12.8 Å². The van der Waals surface area contributed by atoms with Crippen LogP contribution in [-0.2, 0) is 9.59 Å². The van der Waals surface area contributed by atoms with Gasteiger partial charge in [0.15, 0.2) is 0 Å². The van der Waals surface area contributed by atoms with E-state index in [0.717, 1.165) is 22.9 Å². The number of aromatic amines is 1. The molecule has 0 saturated carbocycles. The zero-order chi connectivity index (χ0) is 18.2. The zero-order valence-electron chi connectivity index (χ0n) is 14.7. The van der Waals surface area contributed by atoms with Gasteiger partial charge in [0, 0.05) is 35.5 Å². The van der Waals surface area contributed by atoms with Crippen LogP contribution in [0.2, 0.25) is 0 Å². The fourth-order valence-electron chi connectivity index (χ4n) is 2.94. The summed E-state index contributed by atoms with van der Waals surface area (Å²) in [6, 6.07) is 7.37. The van der Waals surface area contributed by atoms with Gasteiger partial charge in [-0.3, -0.25) is 9.59 Å². The van der Waals surface area contributed by atoms with Crippen molar-refractivity contribution in [2.45, 2.75) is 45.6 Å². The third-order valence-corrected chi connectivity index (χ3v) is 4.32. The van der Waals surface area contributed by atoms with E-state index in [1.165, 1.54) is 6.21 Å². The second-order valence-electron chi connectivity index (χ2n) is 6.11. The van der Waals surface area contributed by atoms with Gasteiger partial charge in [-0.25, -0.2) is 0 Å². The lowest BCUT2D eigenvalue weighted by atomic mass is 9.97. The Morgan fingerprint density at radius 2 is 2.08 bits per heavy atom. The van der Waals surface area contributed by atoms with Crippen molar-refractivity contribution >= 4 is 28.8 Å². The van der Waals surface area contributed by atoms with Gasteiger partial charge in [0.2, 0.25) is 5.91 Å². The number of ketones is 1. The van der Waals surface area contributed by atoms with Crippen molar-refractivity contribution in [2.24, 2.45) is 11.1 Å². The molecular weight excluding hydrogens is 318 g/mol. The molecule has 0 bridgehead atoms. The van der Waals surface area contributed by atoms with E-state index in [1.54, 1.807) is 0 Å². The fraction of sp³-hybridized carbons (Fsp3) is 0.421. The third kappa shape index (κ3) is 4.68. The molecule has 0 spiro atoms. The van der Waals surface area contributed by atoms with E-state index < -0.39 is 12.0 Å². The Morgan fingerprint density at radius 3 is 2.76 bits per heavy atom. The Hall–Kier alpha value is -2.63. The summed E-state index contributed by atoms with van der Waals surface area (Å²) in [4.78, 5) is 27.8. The maximum absolute atomic E-state index is 12.6. The van der Waals surface area contributed by atoms with Crippen molar-refractivity contribution in [2.75, 3.05) is 0 Å². The van der Waals surface area contributed by atoms with Gasteiger partial charge in [-0.05, 0) is 12.5 Å². The van der Waals surface area contributed by atoms with Crippen LogP contribution in [-0.4, -0.2) is 28.1 Å². The number of amides is 1. The van der Waals surface area contributed by atoms with E-state index in [9.17, 15) is 9.59 Å². The molecule has 25 heavy (non-hydrogen) atoms. The molecule has 6 heteroatoms. The number of rotatable bonds is 9. The number of Topliss-reactive ketones (excluding diaryl/α,β-unsaturated/α-hetero) is 1. The SMILES string of the molecule is CCCC(/C=N/O)C(=O)NC(CC(=O)CC)c1c[nH]c2ccccc12. The van der Waals surface area contributed by atoms with E-state index in [4.69, 9.17) is 5.21 Å². The summed E-state index contributed by atoms with van der Waals surface area (Å²) in [6.07, 6.45) is 5.11. The number of hydrogen-bond acceptors (Lipinski definition) is 4. The average Bonchev–Trinajstić information content (AvgIpc) is 3.04. The predicted octanol–water partition coefficient (Wildman–Crippen LogP) is 3.57. The van der Waals surface area contributed by atoms with Gasteiger partial charge in [-0.2, -0.15) is 0 Å². The molecule has 2 atom stereocenters. The molecule has 6 nitrogen and oxygen atoms in total. The van der Waals surface area contributed by atoms with Crippen molar-refractivity contribution in [1.29, 1.82) is 0 Å². The molecule has 2 unspecified atom stereocenters. The highest BCUT2D eigenvalue weighted by atomic mass is 16.4. The molecule has 0 fully saturated rings. The lowest BCUT2D eigenvalue weighted by molar-refractivity contribution is -0.124. The Morgan fingerprint density at radius 1 is 1.32 bits per heavy atom. The van der Waals surface area contributed by atoms with E-state index in [-0.39, 0.29) is 18.1 Å². The summed E-state index contributed by atoms with van der Waals surface area (Å²) in [5, 5.41) is 15.7. The molecule has 1 heterocycles. The van der Waals surface area contributed by atoms with Crippen LogP contribution in [0.5, 0.6) is 0 Å². The maximum Gasteiger partial charge on any atom is 0.229 e. The van der Waals surface area contributed by atoms with Crippen molar-refractivity contribution in [3.8, 4) is 0 Å². The summed E-state index contributed by atoms with van der Waals surface area (Å²) in [5.74, 6) is -0.670. The average molecular weight is 343 g/mol. The van der Waals surface area contributed by atoms with Gasteiger partial charge < -0.3 is 15.5 Å². The summed E-state index contributed by atoms with van der Waals surface area (Å²) in [7, 11) is 0. The van der Waals surface area contributed by atoms with E-state index in [1.807, 2.05) is 44.3 Å². The zero-order valence-corrected chi connectivity index (χ0v) is 14.7. The van der Waals surface area contributed by atoms with Crippen molar-refractivity contribution in [1.82, 2.24) is 10.3 Å². The smallest absolute Gasteiger partial charge is 0.229 e. The molecule has 0 aliphatic heterocycles. The Balaban J connectivity index is 2.29. The monoisotopic (exact) mass is 343 g/mol. The van der Waals surface area contributed by atoms with Crippen LogP contribution in [0.4, 0.5) is 0 Å². The van der Waals surface area contributed by atoms with Crippen LogP contribution in [0.3, 0.4) is 0 Å². The molecule has 1 amide bonds. The molecule has 0 aliphatic carbocycles. The first-order valence-electron chi connectivity index (χ1n) is 8.66. The van der Waals surface area contributed by atoms with Gasteiger partial charge in [-0.1, -0.05) is 38.5 Å². The number of benzene rings is 1. The fourth-order valence-corrected chi connectivity index (χ4v) is 2.94. The molecule has 0 saturated heterocycles. The van der Waals surface area contributed by atoms with Gasteiger partial charge in [0.25, 0.3) is 0 Å². The normalized spacial score (nSPS) is 13.8. The highest BCUT2D eigenvalue weighted by Crippen LogP contribution is 2.27. The topological polar surface area (TPSA) is 94.6 Å². The number of fused-ring (bicyclic) bond motifs is 1. The lowest BCUT2D eigenvalue weighted by Gasteiger charge is -2.20. The number of carbonyl (C=O) groups excluding carboxylic acids is 2. The molecule has 2 rings (SSSR count). The number of nitrogens with one attached hydrogen (secondary N) is 2. The predicted molar refractivity (Wildman–Crippen MR) is 97.8 cm³/mol. The quantitative estimate of drug-likeness (QED) is 0.369. The van der Waals surface area contributed by atoms with E-state index >= 15 is 0 Å². The van der Waals surface area contributed by atoms with Crippen LogP contribution >= 0.6 is 0 Å². The molecule has 0 radical (unpaired) electrons. The van der Waals surface area contributed by atoms with Crippen LogP contribution in [0, 0.1) is 5.92 Å². The van der Waals surface area contributed by atoms with Crippen LogP contribution in [0.15, 0.2) is 35.6 Å². The van der Waals surface area contributed by atoms with Crippen molar-refractivity contribution in [3.63, 3.8) is 0 Å². The standard InChI is InChI=1S/C19H25N3O3/c1-3-7-13(11-21-25)19(24)22-18(10-14(23)4-2)16-12-20-17-9-6-5-8-15(16)17/h5-6,8-9,11-13,18,20,25H,3-4,7,10H2,1-2H3,(H,22,24)/b21-11+. The largest absolute Gasteiger partial charge is 0.411 e. The molecule has 134 valence electrons. The first-order valence-corrected chi connectivity index (χ1v) is 8.66. The molecular formula is C19H25N3O3. The highest BCUT2D eigenvalue weighted by Gasteiger charge is 2.24. The Kier molecular flexibility index (Phi) is 6.74. The molecule has 1 aromatic carbocycles. The second kappa shape index (κ2) is 9.01. The van der Waals surface area contributed by atoms with Crippen molar-refractivity contribution in [3.05, 3.63) is 36.0 Å². The van der Waals surface area contributed by atoms with Gasteiger partial charge in [0.1, 0.15) is 5.78 Å². The number of oxime groups is 1. The number of hydrogen-bond donors (Lipinski definition) is 3. The van der Waals surface area contributed by atoms with Crippen LogP contribution < -0.4 is 5.32 Å². The van der Waals surface area contributed by atoms with Gasteiger partial charge in [0.05, 0.1) is 18.2 Å². The minimum absolute atomic E-state index is 0.0819. The van der Waals surface area contributed by atoms with Gasteiger partial charge >= 0.3 is 0 Å². The molecule has 3 N–H and O–H groups in total. The number of H-pyrrole nitrogens is 1. The maximum atomic E-state index is 12.6. The van der Waals surface area contributed by atoms with Crippen LogP contribution in [0.25, 0.3) is 10.9 Å². The van der Waals surface area contributed by atoms with Crippen molar-refractivity contribution < 1.29 is 14.8 Å². The lowest BCUT2D eigenvalue weighted by Crippen LogP contribution is -2.35. The number of aromatic nitrogens is 1. The molecule has 2 aromatic rings. The Bertz CT molecular complexity index is 751. The first-order chi connectivity index (χ1) is 12.1. The third-order valence-electron chi connectivity index (χ3n) is 4.32. The molecule has 0 aliphatic rings. The highest BCUT2D eigenvalue weighted by molar-refractivity contribution is 5.94. The molecule has 1 aromatic heterocycles. The summed E-state index contributed by atoms with van der Waals surface area (Å²) in [6.45, 7) is 3.78. The number of para-hydroxylation sites is 1. The first kappa shape index (κ1) is 18.7. The minimum Gasteiger partial charge on any atom is -0.411 e. The Labute approximate surface area is 147 Å². The van der Waals surface area contributed by atoms with Crippen LogP contribution in [0.1, 0.15) is 51.1 Å². The number of nitrogens with zero attached hydrogens (tertiary/aromatic N) is 1. The number of carbonyl (C=O) groups is 2. The second-order valence-corrected chi connectivity index (χ2v) is 6.11. The van der Waals surface area contributed by atoms with Gasteiger partial charge in [-0.15, -0.1) is 5.16 Å². The minimum atomic E-state index is -0.514.